The van der Waals surface area contributed by atoms with E-state index in [1.165, 1.54) is 0 Å². The van der Waals surface area contributed by atoms with Crippen LogP contribution in [0.15, 0.2) is 0 Å². The van der Waals surface area contributed by atoms with Gasteiger partial charge in [0.25, 0.3) is 0 Å². The molecule has 0 N–H and O–H groups in total. The number of nitrogens with zero attached hydrogens (tertiary/aromatic N) is 1. The fourth-order valence-electron chi connectivity index (χ4n) is 0.454. The molecule has 0 aliphatic carbocycles. The normalized spacial score (nSPS) is 12.6. The first-order valence-electron chi connectivity index (χ1n) is 2.62. The molecule has 0 heterocycles. The van der Waals surface area contributed by atoms with Crippen LogP contribution >= 0.6 is 44.3 Å². The minimum Gasteiger partial charge on any atom is -0.294 e. The van der Waals surface area contributed by atoms with Crippen molar-refractivity contribution in [1.82, 2.24) is 4.23 Å². The minimum atomic E-state index is -1.51. The number of hydrogen-bond donors (Lipinski definition) is 0. The maximum atomic E-state index is 5.68. The van der Waals surface area contributed by atoms with Gasteiger partial charge in [0.2, 0.25) is 0 Å². The molecule has 60 valence electrons. The lowest BCUT2D eigenvalue weighted by Gasteiger charge is -2.25. The van der Waals surface area contributed by atoms with Crippen molar-refractivity contribution in [1.29, 1.82) is 0 Å². The largest absolute Gasteiger partial charge is 0.355 e. The zero-order valence-electron chi connectivity index (χ0n) is 5.54. The number of halogens is 4. The monoisotopic (exact) mass is 253 g/mol. The van der Waals surface area contributed by atoms with E-state index in [0.29, 0.717) is 0 Å². The Balaban J connectivity index is 3.98. The van der Waals surface area contributed by atoms with Crippen LogP contribution < -0.4 is 0 Å². The Hall–Kier alpha value is 1.55. The summed E-state index contributed by atoms with van der Waals surface area (Å²) in [7, 11) is -3.03. The number of hydrogen-bond acceptors (Lipinski definition) is 1. The van der Waals surface area contributed by atoms with Gasteiger partial charge in [-0.2, -0.15) is 0 Å². The molecule has 0 aliphatic heterocycles. The topological polar surface area (TPSA) is 3.24 Å². The molecule has 0 bridgehead atoms. The van der Waals surface area contributed by atoms with Crippen LogP contribution in [-0.4, -0.2) is 25.4 Å². The summed E-state index contributed by atoms with van der Waals surface area (Å²) in [6.45, 7) is 3.93. The van der Waals surface area contributed by atoms with Crippen LogP contribution in [0.4, 0.5) is 0 Å². The summed E-state index contributed by atoms with van der Waals surface area (Å²) in [5, 5.41) is 0. The van der Waals surface area contributed by atoms with E-state index in [4.69, 9.17) is 44.3 Å². The van der Waals surface area contributed by atoms with Crippen LogP contribution in [0.25, 0.3) is 0 Å². The molecule has 0 aliphatic rings. The Bertz CT molecular complexity index is 79.5. The third kappa shape index (κ3) is 3.81. The average Bonchev–Trinajstić information content (AvgIpc) is 1.59. The van der Waals surface area contributed by atoms with E-state index in [1.54, 1.807) is 4.23 Å². The molecule has 7 heteroatoms. The van der Waals surface area contributed by atoms with Crippen molar-refractivity contribution in [3.63, 3.8) is 0 Å². The summed E-state index contributed by atoms with van der Waals surface area (Å²) in [6.07, 6.45) is 0. The molecular formula is C3H7Cl4NSi2. The summed E-state index contributed by atoms with van der Waals surface area (Å²) in [4.78, 5) is 0. The summed E-state index contributed by atoms with van der Waals surface area (Å²) in [6, 6.07) is 0.229. The fourth-order valence-corrected chi connectivity index (χ4v) is 8.69. The van der Waals surface area contributed by atoms with Crippen molar-refractivity contribution in [3.05, 3.63) is 0 Å². The van der Waals surface area contributed by atoms with Gasteiger partial charge in [0, 0.05) is 0 Å². The molecule has 0 unspecified atom stereocenters. The lowest BCUT2D eigenvalue weighted by Crippen LogP contribution is -2.43. The molecule has 0 spiro atoms. The van der Waals surface area contributed by atoms with Crippen LogP contribution in [0.3, 0.4) is 0 Å². The molecule has 10 heavy (non-hydrogen) atoms. The molecule has 0 saturated carbocycles. The molecule has 2 radical (unpaired) electrons. The third-order valence-corrected chi connectivity index (χ3v) is 7.87. The second kappa shape index (κ2) is 5.24. The Morgan fingerprint density at radius 1 is 1.00 bits per heavy atom. The maximum Gasteiger partial charge on any atom is 0.355 e. The first-order valence-corrected chi connectivity index (χ1v) is 9.56. The summed E-state index contributed by atoms with van der Waals surface area (Å²) in [5.74, 6) is 0. The maximum absolute atomic E-state index is 5.68. The highest BCUT2D eigenvalue weighted by atomic mass is 35.7. The predicted octanol–water partition coefficient (Wildman–Crippen LogP) is 2.62. The second-order valence-corrected chi connectivity index (χ2v) is 9.77. The minimum absolute atomic E-state index is 0.229. The Morgan fingerprint density at radius 2 is 1.30 bits per heavy atom. The molecule has 1 nitrogen and oxygen atoms in total. The van der Waals surface area contributed by atoms with E-state index < -0.39 is 15.2 Å². The van der Waals surface area contributed by atoms with Crippen LogP contribution in [0.1, 0.15) is 13.8 Å². The quantitative estimate of drug-likeness (QED) is 0.553. The van der Waals surface area contributed by atoms with Crippen molar-refractivity contribution in [3.8, 4) is 0 Å². The van der Waals surface area contributed by atoms with E-state index in [2.05, 4.69) is 0 Å². The van der Waals surface area contributed by atoms with Crippen molar-refractivity contribution in [2.45, 2.75) is 19.9 Å². The Kier molecular flexibility index (Phi) is 6.06. The van der Waals surface area contributed by atoms with Gasteiger partial charge in [-0.25, -0.2) is 0 Å². The van der Waals surface area contributed by atoms with Gasteiger partial charge in [0.15, 0.2) is 0 Å². The highest BCUT2D eigenvalue weighted by Gasteiger charge is 2.27. The fraction of sp³-hybridized carbons (Fsp3) is 1.00. The van der Waals surface area contributed by atoms with E-state index in [-0.39, 0.29) is 6.04 Å². The highest BCUT2D eigenvalue weighted by Crippen LogP contribution is 2.15. The standard InChI is InChI=1S/C3H7Cl4NSi2/c1-3(2)8(9(4)5)10(6)7/h3H,1-2H3. The molecule has 0 saturated heterocycles. The molecular weight excluding hydrogens is 248 g/mol. The lowest BCUT2D eigenvalue weighted by atomic mass is 10.4. The summed E-state index contributed by atoms with van der Waals surface area (Å²) < 4.78 is 1.77. The zero-order valence-corrected chi connectivity index (χ0v) is 10.6. The molecule has 0 fully saturated rings. The Labute approximate surface area is 83.4 Å². The first-order chi connectivity index (χ1) is 4.46. The van der Waals surface area contributed by atoms with E-state index in [9.17, 15) is 0 Å². The van der Waals surface area contributed by atoms with E-state index in [1.807, 2.05) is 13.8 Å². The molecule has 0 atom stereocenters. The predicted molar refractivity (Wildman–Crippen MR) is 51.9 cm³/mol. The zero-order chi connectivity index (χ0) is 8.31. The first kappa shape index (κ1) is 11.6. The van der Waals surface area contributed by atoms with Crippen molar-refractivity contribution >= 4 is 59.5 Å². The van der Waals surface area contributed by atoms with Gasteiger partial charge in [-0.05, 0) is 6.04 Å². The molecule has 0 amide bonds. The average molecular weight is 255 g/mol. The van der Waals surface area contributed by atoms with Gasteiger partial charge in [-0.1, -0.05) is 13.8 Å². The highest BCUT2D eigenvalue weighted by molar-refractivity contribution is 7.42. The van der Waals surface area contributed by atoms with Crippen LogP contribution in [0.5, 0.6) is 0 Å². The van der Waals surface area contributed by atoms with Gasteiger partial charge in [0.1, 0.15) is 0 Å². The van der Waals surface area contributed by atoms with Crippen LogP contribution in [0, 0.1) is 0 Å². The van der Waals surface area contributed by atoms with Gasteiger partial charge in [-0.3, -0.25) is 4.23 Å². The van der Waals surface area contributed by atoms with Gasteiger partial charge in [-0.15, -0.1) is 44.3 Å². The summed E-state index contributed by atoms with van der Waals surface area (Å²) in [5.41, 5.74) is 0. The van der Waals surface area contributed by atoms with Gasteiger partial charge < -0.3 is 0 Å². The van der Waals surface area contributed by atoms with Crippen LogP contribution in [0.2, 0.25) is 0 Å². The molecule has 0 aromatic rings. The summed E-state index contributed by atoms with van der Waals surface area (Å²) >= 11 is 22.7. The van der Waals surface area contributed by atoms with Gasteiger partial charge >= 0.3 is 15.2 Å². The van der Waals surface area contributed by atoms with E-state index in [0.717, 1.165) is 0 Å². The SMILES string of the molecule is CC(C)N([Si](Cl)Cl)[Si](Cl)Cl. The Morgan fingerprint density at radius 3 is 1.30 bits per heavy atom. The number of rotatable bonds is 3. The second-order valence-electron chi connectivity index (χ2n) is 1.94. The van der Waals surface area contributed by atoms with Gasteiger partial charge in [0.05, 0.1) is 0 Å². The smallest absolute Gasteiger partial charge is 0.294 e. The molecule has 0 aromatic carbocycles. The lowest BCUT2D eigenvalue weighted by molar-refractivity contribution is 0.556. The van der Waals surface area contributed by atoms with E-state index >= 15 is 0 Å². The molecule has 0 rings (SSSR count). The third-order valence-electron chi connectivity index (χ3n) is 0.881. The molecule has 0 aromatic heterocycles. The van der Waals surface area contributed by atoms with Crippen molar-refractivity contribution in [2.75, 3.05) is 0 Å². The van der Waals surface area contributed by atoms with Crippen LogP contribution in [-0.2, 0) is 0 Å². The van der Waals surface area contributed by atoms with Crippen molar-refractivity contribution in [2.24, 2.45) is 0 Å². The van der Waals surface area contributed by atoms with Crippen molar-refractivity contribution < 1.29 is 0 Å².